The Kier molecular flexibility index (Phi) is 4.26. The second kappa shape index (κ2) is 6.20. The van der Waals surface area contributed by atoms with Gasteiger partial charge in [-0.1, -0.05) is 15.9 Å². The number of carbonyl (C=O) groups is 1. The van der Waals surface area contributed by atoms with Crippen LogP contribution in [-0.4, -0.2) is 34.6 Å². The smallest absolute Gasteiger partial charge is 0.254 e. The summed E-state index contributed by atoms with van der Waals surface area (Å²) in [6.07, 6.45) is -0.0686. The largest absolute Gasteiger partial charge is 0.486 e. The van der Waals surface area contributed by atoms with Crippen molar-refractivity contribution in [2.45, 2.75) is 13.0 Å². The first-order chi connectivity index (χ1) is 10.9. The molecule has 5 nitrogen and oxygen atoms in total. The van der Waals surface area contributed by atoms with Gasteiger partial charge in [-0.25, -0.2) is 0 Å². The maximum Gasteiger partial charge on any atom is 0.254 e. The monoisotopic (exact) mass is 376 g/mol. The van der Waals surface area contributed by atoms with Crippen molar-refractivity contribution in [1.82, 2.24) is 9.47 Å². The summed E-state index contributed by atoms with van der Waals surface area (Å²) >= 11 is 3.35. The number of ether oxygens (including phenoxy) is 1. The number of aryl methyl sites for hydroxylation is 1. The normalized spacial score (nSPS) is 14.5. The van der Waals surface area contributed by atoms with E-state index in [1.54, 1.807) is 28.6 Å². The van der Waals surface area contributed by atoms with Gasteiger partial charge in [-0.05, 0) is 37.3 Å². The van der Waals surface area contributed by atoms with Gasteiger partial charge < -0.3 is 14.2 Å². The molecule has 0 bridgehead atoms. The van der Waals surface area contributed by atoms with Crippen LogP contribution in [0.25, 0.3) is 0 Å². The Morgan fingerprint density at radius 2 is 1.87 bits per heavy atom. The first-order valence-electron chi connectivity index (χ1n) is 7.33. The molecule has 0 spiro atoms. The summed E-state index contributed by atoms with van der Waals surface area (Å²) < 4.78 is 8.30. The second-order valence-corrected chi connectivity index (χ2v) is 6.60. The van der Waals surface area contributed by atoms with E-state index in [1.165, 1.54) is 6.07 Å². The van der Waals surface area contributed by atoms with E-state index in [-0.39, 0.29) is 17.6 Å². The molecule has 0 atom stereocenters. The zero-order valence-electron chi connectivity index (χ0n) is 13.0. The third-order valence-electron chi connectivity index (χ3n) is 4.01. The molecule has 0 N–H and O–H groups in total. The van der Waals surface area contributed by atoms with Crippen LogP contribution in [-0.2, 0) is 7.05 Å². The maximum atomic E-state index is 12.3. The summed E-state index contributed by atoms with van der Waals surface area (Å²) in [6.45, 7) is 2.92. The third-order valence-corrected chi connectivity index (χ3v) is 4.53. The molecule has 6 heteroatoms. The molecule has 1 amide bonds. The SMILES string of the molecule is Cc1cc(OC2CN(C(=O)c3ccc(Br)cc3)C2)cc(=O)n1C. The lowest BCUT2D eigenvalue weighted by atomic mass is 10.1. The number of hydrogen-bond acceptors (Lipinski definition) is 3. The lowest BCUT2D eigenvalue weighted by Crippen LogP contribution is -2.56. The minimum absolute atomic E-state index is 0.00231. The van der Waals surface area contributed by atoms with Gasteiger partial charge in [-0.2, -0.15) is 0 Å². The van der Waals surface area contributed by atoms with Crippen molar-refractivity contribution in [3.05, 3.63) is 62.5 Å². The molecule has 23 heavy (non-hydrogen) atoms. The fourth-order valence-electron chi connectivity index (χ4n) is 2.45. The first-order valence-corrected chi connectivity index (χ1v) is 8.12. The van der Waals surface area contributed by atoms with Crippen molar-refractivity contribution in [3.63, 3.8) is 0 Å². The van der Waals surface area contributed by atoms with Gasteiger partial charge in [0.1, 0.15) is 11.9 Å². The fourth-order valence-corrected chi connectivity index (χ4v) is 2.72. The average molecular weight is 377 g/mol. The highest BCUT2D eigenvalue weighted by molar-refractivity contribution is 9.10. The first kappa shape index (κ1) is 15.8. The fraction of sp³-hybridized carbons (Fsp3) is 0.294. The maximum absolute atomic E-state index is 12.3. The quantitative estimate of drug-likeness (QED) is 0.825. The van der Waals surface area contributed by atoms with Crippen molar-refractivity contribution < 1.29 is 9.53 Å². The average Bonchev–Trinajstić information content (AvgIpc) is 2.48. The molecule has 1 aromatic heterocycles. The number of hydrogen-bond donors (Lipinski definition) is 0. The third kappa shape index (κ3) is 3.32. The van der Waals surface area contributed by atoms with E-state index in [0.29, 0.717) is 24.4 Å². The Hall–Kier alpha value is -2.08. The Morgan fingerprint density at radius 1 is 1.22 bits per heavy atom. The van der Waals surface area contributed by atoms with Crippen molar-refractivity contribution in [1.29, 1.82) is 0 Å². The number of benzene rings is 1. The zero-order valence-corrected chi connectivity index (χ0v) is 14.5. The molecular formula is C17H17BrN2O3. The highest BCUT2D eigenvalue weighted by Gasteiger charge is 2.32. The Morgan fingerprint density at radius 3 is 2.48 bits per heavy atom. The van der Waals surface area contributed by atoms with E-state index in [9.17, 15) is 9.59 Å². The number of rotatable bonds is 3. The molecule has 2 heterocycles. The van der Waals surface area contributed by atoms with Gasteiger partial charge in [0, 0.05) is 28.8 Å². The standard InChI is InChI=1S/C17H17BrN2O3/c1-11-7-14(8-16(21)19(11)2)23-15-9-20(10-15)17(22)12-3-5-13(18)6-4-12/h3-8,15H,9-10H2,1-2H3. The van der Waals surface area contributed by atoms with Crippen LogP contribution in [0.3, 0.4) is 0 Å². The minimum atomic E-state index is -0.0953. The minimum Gasteiger partial charge on any atom is -0.486 e. The van der Waals surface area contributed by atoms with Gasteiger partial charge in [0.15, 0.2) is 0 Å². The molecule has 1 aromatic carbocycles. The molecule has 120 valence electrons. The molecule has 1 aliphatic rings. The van der Waals surface area contributed by atoms with Crippen LogP contribution in [0.5, 0.6) is 5.75 Å². The van der Waals surface area contributed by atoms with E-state index in [0.717, 1.165) is 10.2 Å². The predicted octanol–water partition coefficient (Wildman–Crippen LogP) is 2.36. The van der Waals surface area contributed by atoms with E-state index in [4.69, 9.17) is 4.74 Å². The summed E-state index contributed by atoms with van der Waals surface area (Å²) in [7, 11) is 1.73. The van der Waals surface area contributed by atoms with E-state index >= 15 is 0 Å². The Balaban J connectivity index is 1.60. The van der Waals surface area contributed by atoms with Crippen molar-refractivity contribution in [3.8, 4) is 5.75 Å². The van der Waals surface area contributed by atoms with Gasteiger partial charge in [0.25, 0.3) is 11.5 Å². The Bertz CT molecular complexity index is 792. The molecule has 0 radical (unpaired) electrons. The molecule has 1 aliphatic heterocycles. The number of likely N-dealkylation sites (tertiary alicyclic amines) is 1. The number of aromatic nitrogens is 1. The van der Waals surface area contributed by atoms with Crippen LogP contribution in [0.15, 0.2) is 45.7 Å². The van der Waals surface area contributed by atoms with E-state index in [2.05, 4.69) is 15.9 Å². The summed E-state index contributed by atoms with van der Waals surface area (Å²) in [5.74, 6) is 0.559. The number of carbonyl (C=O) groups excluding carboxylic acids is 1. The topological polar surface area (TPSA) is 51.5 Å². The van der Waals surface area contributed by atoms with Crippen LogP contribution in [0.4, 0.5) is 0 Å². The number of halogens is 1. The summed E-state index contributed by atoms with van der Waals surface area (Å²) in [5, 5.41) is 0. The van der Waals surface area contributed by atoms with Crippen LogP contribution >= 0.6 is 15.9 Å². The van der Waals surface area contributed by atoms with E-state index in [1.807, 2.05) is 25.1 Å². The molecule has 0 aliphatic carbocycles. The van der Waals surface area contributed by atoms with Crippen molar-refractivity contribution in [2.75, 3.05) is 13.1 Å². The second-order valence-electron chi connectivity index (χ2n) is 5.69. The molecule has 2 aromatic rings. The number of amides is 1. The van der Waals surface area contributed by atoms with E-state index < -0.39 is 0 Å². The van der Waals surface area contributed by atoms with Crippen molar-refractivity contribution in [2.24, 2.45) is 7.05 Å². The lowest BCUT2D eigenvalue weighted by Gasteiger charge is -2.39. The highest BCUT2D eigenvalue weighted by Crippen LogP contribution is 2.20. The van der Waals surface area contributed by atoms with Crippen LogP contribution < -0.4 is 10.3 Å². The van der Waals surface area contributed by atoms with Crippen LogP contribution in [0.1, 0.15) is 16.1 Å². The zero-order chi connectivity index (χ0) is 16.6. The lowest BCUT2D eigenvalue weighted by molar-refractivity contribution is 0.0176. The van der Waals surface area contributed by atoms with Crippen LogP contribution in [0.2, 0.25) is 0 Å². The molecule has 1 fully saturated rings. The predicted molar refractivity (Wildman–Crippen MR) is 90.9 cm³/mol. The number of nitrogens with zero attached hydrogens (tertiary/aromatic N) is 2. The molecule has 0 unspecified atom stereocenters. The Labute approximate surface area is 142 Å². The molecular weight excluding hydrogens is 360 g/mol. The van der Waals surface area contributed by atoms with Gasteiger partial charge in [0.2, 0.25) is 0 Å². The molecule has 1 saturated heterocycles. The number of pyridine rings is 1. The van der Waals surface area contributed by atoms with Crippen LogP contribution in [0, 0.1) is 6.92 Å². The summed E-state index contributed by atoms with van der Waals surface area (Å²) in [4.78, 5) is 25.8. The summed E-state index contributed by atoms with van der Waals surface area (Å²) in [6, 6.07) is 10.6. The van der Waals surface area contributed by atoms with Gasteiger partial charge in [-0.15, -0.1) is 0 Å². The highest BCUT2D eigenvalue weighted by atomic mass is 79.9. The molecule has 0 saturated carbocycles. The van der Waals surface area contributed by atoms with Gasteiger partial charge >= 0.3 is 0 Å². The van der Waals surface area contributed by atoms with Gasteiger partial charge in [0.05, 0.1) is 13.1 Å². The van der Waals surface area contributed by atoms with Gasteiger partial charge in [-0.3, -0.25) is 9.59 Å². The van der Waals surface area contributed by atoms with Crippen molar-refractivity contribution >= 4 is 21.8 Å². The summed E-state index contributed by atoms with van der Waals surface area (Å²) in [5.41, 5.74) is 1.41. The molecule has 3 rings (SSSR count).